The Morgan fingerprint density at radius 1 is 1.67 bits per heavy atom. The lowest BCUT2D eigenvalue weighted by Gasteiger charge is -2.21. The second-order valence-corrected chi connectivity index (χ2v) is 2.86. The Bertz CT molecular complexity index is 284. The third kappa shape index (κ3) is 1.14. The van der Waals surface area contributed by atoms with Crippen molar-refractivity contribution in [2.45, 2.75) is 12.5 Å². The summed E-state index contributed by atoms with van der Waals surface area (Å²) in [5.74, 6) is 0. The van der Waals surface area contributed by atoms with E-state index in [0.29, 0.717) is 13.0 Å². The first-order chi connectivity index (χ1) is 5.92. The second kappa shape index (κ2) is 3.07. The number of hydrogen-bond donors (Lipinski definition) is 0. The van der Waals surface area contributed by atoms with E-state index in [1.165, 1.54) is 5.57 Å². The summed E-state index contributed by atoms with van der Waals surface area (Å²) in [6.45, 7) is 0.621. The van der Waals surface area contributed by atoms with Crippen molar-refractivity contribution in [2.24, 2.45) is 0 Å². The summed E-state index contributed by atoms with van der Waals surface area (Å²) < 4.78 is 5.42. The lowest BCUT2D eigenvalue weighted by molar-refractivity contribution is -0.109. The number of rotatable bonds is 2. The van der Waals surface area contributed by atoms with Crippen molar-refractivity contribution in [1.29, 1.82) is 0 Å². The molecule has 2 rings (SSSR count). The van der Waals surface area contributed by atoms with Crippen LogP contribution in [0.5, 0.6) is 0 Å². The van der Waals surface area contributed by atoms with Crippen LogP contribution in [-0.2, 0) is 9.53 Å². The van der Waals surface area contributed by atoms with Crippen molar-refractivity contribution in [1.82, 2.24) is 0 Å². The molecule has 1 heterocycles. The van der Waals surface area contributed by atoms with E-state index in [-0.39, 0.29) is 6.10 Å². The van der Waals surface area contributed by atoms with Crippen LogP contribution in [0.3, 0.4) is 0 Å². The molecule has 1 aliphatic heterocycles. The van der Waals surface area contributed by atoms with E-state index in [1.807, 2.05) is 18.2 Å². The van der Waals surface area contributed by atoms with E-state index in [2.05, 4.69) is 6.08 Å². The Labute approximate surface area is 71.2 Å². The molecule has 12 heavy (non-hydrogen) atoms. The molecule has 0 N–H and O–H groups in total. The Morgan fingerprint density at radius 3 is 3.42 bits per heavy atom. The van der Waals surface area contributed by atoms with Gasteiger partial charge < -0.3 is 9.53 Å². The molecule has 2 nitrogen and oxygen atoms in total. The van der Waals surface area contributed by atoms with Gasteiger partial charge in [0.1, 0.15) is 6.29 Å². The van der Waals surface area contributed by atoms with Gasteiger partial charge in [-0.25, -0.2) is 0 Å². The van der Waals surface area contributed by atoms with Crippen LogP contribution < -0.4 is 0 Å². The van der Waals surface area contributed by atoms with Crippen LogP contribution in [0.15, 0.2) is 35.5 Å². The third-order valence-electron chi connectivity index (χ3n) is 2.14. The van der Waals surface area contributed by atoms with E-state index in [4.69, 9.17) is 4.74 Å². The van der Waals surface area contributed by atoms with Crippen molar-refractivity contribution in [3.05, 3.63) is 35.5 Å². The molecule has 2 aliphatic rings. The lowest BCUT2D eigenvalue weighted by Crippen LogP contribution is -2.20. The normalized spacial score (nSPS) is 26.2. The van der Waals surface area contributed by atoms with E-state index in [1.54, 1.807) is 0 Å². The molecule has 2 heteroatoms. The highest BCUT2D eigenvalue weighted by Crippen LogP contribution is 2.28. The largest absolute Gasteiger partial charge is 0.369 e. The van der Waals surface area contributed by atoms with Crippen LogP contribution in [0.25, 0.3) is 0 Å². The number of fused-ring (bicyclic) bond motifs is 1. The topological polar surface area (TPSA) is 26.3 Å². The first-order valence-electron chi connectivity index (χ1n) is 4.06. The Balaban J connectivity index is 2.21. The van der Waals surface area contributed by atoms with E-state index in [0.717, 1.165) is 11.9 Å². The molecule has 1 atom stereocenters. The monoisotopic (exact) mass is 162 g/mol. The minimum atomic E-state index is -0.0162. The molecule has 0 saturated carbocycles. The Hall–Kier alpha value is -1.15. The molecule has 1 aliphatic carbocycles. The predicted molar refractivity (Wildman–Crippen MR) is 45.7 cm³/mol. The number of ether oxygens (including phenoxy) is 1. The first-order valence-corrected chi connectivity index (χ1v) is 4.06. The molecular formula is C10H10O2. The number of hydrogen-bond acceptors (Lipinski definition) is 2. The molecule has 0 radical (unpaired) electrons. The van der Waals surface area contributed by atoms with Gasteiger partial charge >= 0.3 is 0 Å². The maximum atomic E-state index is 10.3. The molecule has 0 aromatic carbocycles. The molecule has 0 aromatic rings. The van der Waals surface area contributed by atoms with Crippen LogP contribution in [-0.4, -0.2) is 19.0 Å². The van der Waals surface area contributed by atoms with Crippen LogP contribution >= 0.6 is 0 Å². The van der Waals surface area contributed by atoms with Crippen molar-refractivity contribution >= 4 is 6.29 Å². The van der Waals surface area contributed by atoms with Crippen molar-refractivity contribution in [3.63, 3.8) is 0 Å². The molecular weight excluding hydrogens is 152 g/mol. The van der Waals surface area contributed by atoms with Gasteiger partial charge in [-0.3, -0.25) is 0 Å². The van der Waals surface area contributed by atoms with Crippen LogP contribution in [0.1, 0.15) is 6.42 Å². The number of aldehydes is 1. The molecule has 62 valence electrons. The zero-order chi connectivity index (χ0) is 8.39. The highest BCUT2D eigenvalue weighted by atomic mass is 16.5. The van der Waals surface area contributed by atoms with Gasteiger partial charge in [0.15, 0.2) is 0 Å². The average molecular weight is 162 g/mol. The molecule has 0 bridgehead atoms. The predicted octanol–water partition coefficient (Wildman–Crippen LogP) is 1.40. The summed E-state index contributed by atoms with van der Waals surface area (Å²) in [6.07, 6.45) is 9.45. The average Bonchev–Trinajstić information content (AvgIpc) is 2.53. The first kappa shape index (κ1) is 7.50. The summed E-state index contributed by atoms with van der Waals surface area (Å²) in [7, 11) is 0. The number of carbonyl (C=O) groups is 1. The van der Waals surface area contributed by atoms with Gasteiger partial charge in [-0.05, 0) is 11.1 Å². The van der Waals surface area contributed by atoms with E-state index >= 15 is 0 Å². The summed E-state index contributed by atoms with van der Waals surface area (Å²) in [5, 5.41) is 0. The van der Waals surface area contributed by atoms with Crippen molar-refractivity contribution < 1.29 is 9.53 Å². The fourth-order valence-corrected chi connectivity index (χ4v) is 1.55. The number of allylic oxidation sites excluding steroid dienone is 3. The quantitative estimate of drug-likeness (QED) is 0.573. The zero-order valence-electron chi connectivity index (χ0n) is 6.69. The Morgan fingerprint density at radius 2 is 2.58 bits per heavy atom. The van der Waals surface area contributed by atoms with Gasteiger partial charge in [-0.2, -0.15) is 0 Å². The number of carbonyl (C=O) groups excluding carboxylic acids is 1. The molecule has 0 fully saturated rings. The summed E-state index contributed by atoms with van der Waals surface area (Å²) in [6, 6.07) is 0. The van der Waals surface area contributed by atoms with Gasteiger partial charge in [0, 0.05) is 6.42 Å². The minimum absolute atomic E-state index is 0.0162. The maximum absolute atomic E-state index is 10.3. The molecule has 0 aromatic heterocycles. The highest BCUT2D eigenvalue weighted by Gasteiger charge is 2.21. The highest BCUT2D eigenvalue weighted by molar-refractivity contribution is 5.57. The van der Waals surface area contributed by atoms with Crippen molar-refractivity contribution in [2.75, 3.05) is 6.61 Å². The van der Waals surface area contributed by atoms with Gasteiger partial charge in [0.25, 0.3) is 0 Å². The fraction of sp³-hybridized carbons (Fsp3) is 0.300. The van der Waals surface area contributed by atoms with Crippen molar-refractivity contribution in [3.8, 4) is 0 Å². The Kier molecular flexibility index (Phi) is 1.92. The van der Waals surface area contributed by atoms with E-state index < -0.39 is 0 Å². The lowest BCUT2D eigenvalue weighted by atomic mass is 9.99. The minimum Gasteiger partial charge on any atom is -0.369 e. The van der Waals surface area contributed by atoms with Gasteiger partial charge in [0.05, 0.1) is 12.7 Å². The second-order valence-electron chi connectivity index (χ2n) is 2.86. The third-order valence-corrected chi connectivity index (χ3v) is 2.14. The zero-order valence-corrected chi connectivity index (χ0v) is 6.69. The SMILES string of the molecule is O=CCC1OCC=C2C=CC=C21. The van der Waals surface area contributed by atoms with E-state index in [9.17, 15) is 4.79 Å². The summed E-state index contributed by atoms with van der Waals surface area (Å²) in [5.41, 5.74) is 2.36. The van der Waals surface area contributed by atoms with Crippen LogP contribution in [0.4, 0.5) is 0 Å². The standard InChI is InChI=1S/C10H10O2/c11-6-4-10-9-3-1-2-8(9)5-7-12-10/h1-3,5-6,10H,4,7H2. The fourth-order valence-electron chi connectivity index (χ4n) is 1.55. The smallest absolute Gasteiger partial charge is 0.122 e. The summed E-state index contributed by atoms with van der Waals surface area (Å²) in [4.78, 5) is 10.3. The molecule has 0 spiro atoms. The van der Waals surface area contributed by atoms with Crippen LogP contribution in [0.2, 0.25) is 0 Å². The van der Waals surface area contributed by atoms with Gasteiger partial charge in [-0.1, -0.05) is 24.3 Å². The molecule has 0 amide bonds. The van der Waals surface area contributed by atoms with Crippen LogP contribution in [0, 0.1) is 0 Å². The maximum Gasteiger partial charge on any atom is 0.122 e. The molecule has 0 saturated heterocycles. The summed E-state index contributed by atoms with van der Waals surface area (Å²) >= 11 is 0. The molecule has 1 unspecified atom stereocenters. The van der Waals surface area contributed by atoms with Gasteiger partial charge in [0.2, 0.25) is 0 Å². The van der Waals surface area contributed by atoms with Gasteiger partial charge in [-0.15, -0.1) is 0 Å².